The number of nitrogen functional groups attached to an aromatic ring is 1. The summed E-state index contributed by atoms with van der Waals surface area (Å²) in [5.41, 5.74) is 7.11. The molecule has 5 nitrogen and oxygen atoms in total. The minimum absolute atomic E-state index is 0. The number of hydrogen-bond donors (Lipinski definition) is 2. The van der Waals surface area contributed by atoms with Gasteiger partial charge in [-0.2, -0.15) is 0 Å². The van der Waals surface area contributed by atoms with Gasteiger partial charge in [-0.15, -0.1) is 12.4 Å². The molecule has 1 aromatic carbocycles. The molecule has 0 aromatic heterocycles. The highest BCUT2D eigenvalue weighted by Gasteiger charge is 2.22. The molecular weight excluding hydrogens is 352 g/mol. The van der Waals surface area contributed by atoms with Gasteiger partial charge < -0.3 is 15.8 Å². The fraction of sp³-hybridized carbons (Fsp3) is 0.500. The molecule has 1 aromatic rings. The lowest BCUT2D eigenvalue weighted by Gasteiger charge is -2.17. The maximum Gasteiger partial charge on any atom is 0.328 e. The van der Waals surface area contributed by atoms with Crippen LogP contribution in [0.5, 0.6) is 0 Å². The van der Waals surface area contributed by atoms with Crippen molar-refractivity contribution in [3.8, 4) is 11.8 Å². The largest absolute Gasteiger partial charge is 0.467 e. The molecular formula is C20H29ClN2O3. The zero-order valence-electron chi connectivity index (χ0n) is 16.1. The number of methoxy groups -OCH3 is 1. The van der Waals surface area contributed by atoms with E-state index in [2.05, 4.69) is 17.2 Å². The lowest BCUT2D eigenvalue weighted by molar-refractivity contribution is -0.143. The Morgan fingerprint density at radius 2 is 1.96 bits per heavy atom. The van der Waals surface area contributed by atoms with Crippen LogP contribution in [0.1, 0.15) is 62.9 Å². The van der Waals surface area contributed by atoms with Crippen molar-refractivity contribution in [2.45, 2.75) is 53.0 Å². The lowest BCUT2D eigenvalue weighted by atomic mass is 9.96. The summed E-state index contributed by atoms with van der Waals surface area (Å²) in [7, 11) is 1.32. The van der Waals surface area contributed by atoms with Gasteiger partial charge in [-0.05, 0) is 45.4 Å². The van der Waals surface area contributed by atoms with E-state index in [-0.39, 0.29) is 23.7 Å². The van der Waals surface area contributed by atoms with E-state index >= 15 is 0 Å². The second kappa shape index (κ2) is 10.7. The van der Waals surface area contributed by atoms with Gasteiger partial charge in [0.25, 0.3) is 5.91 Å². The molecule has 1 amide bonds. The monoisotopic (exact) mass is 380 g/mol. The zero-order valence-corrected chi connectivity index (χ0v) is 17.0. The lowest BCUT2D eigenvalue weighted by Crippen LogP contribution is -2.41. The van der Waals surface area contributed by atoms with Gasteiger partial charge in [0.1, 0.15) is 6.04 Å². The van der Waals surface area contributed by atoms with Crippen LogP contribution in [0.15, 0.2) is 18.2 Å². The Labute approximate surface area is 162 Å². The van der Waals surface area contributed by atoms with Crippen LogP contribution in [0.3, 0.4) is 0 Å². The average Bonchev–Trinajstić information content (AvgIpc) is 2.55. The molecule has 1 unspecified atom stereocenters. The Morgan fingerprint density at radius 3 is 2.50 bits per heavy atom. The number of halogens is 1. The summed E-state index contributed by atoms with van der Waals surface area (Å²) in [5.74, 6) is 5.33. The Bertz CT molecular complexity index is 685. The van der Waals surface area contributed by atoms with Gasteiger partial charge >= 0.3 is 5.97 Å². The minimum atomic E-state index is -0.668. The van der Waals surface area contributed by atoms with Gasteiger partial charge in [-0.3, -0.25) is 4.79 Å². The second-order valence-electron chi connectivity index (χ2n) is 7.00. The van der Waals surface area contributed by atoms with Crippen LogP contribution < -0.4 is 11.1 Å². The molecule has 0 heterocycles. The summed E-state index contributed by atoms with van der Waals surface area (Å²) in [6.45, 7) is 7.99. The first-order chi connectivity index (χ1) is 11.7. The van der Waals surface area contributed by atoms with Crippen molar-refractivity contribution in [3.05, 3.63) is 29.3 Å². The number of ether oxygens (including phenoxy) is 1. The number of rotatable bonds is 6. The smallest absolute Gasteiger partial charge is 0.328 e. The van der Waals surface area contributed by atoms with E-state index in [0.717, 1.165) is 12.8 Å². The molecule has 0 fully saturated rings. The Morgan fingerprint density at radius 1 is 1.31 bits per heavy atom. The first-order valence-corrected chi connectivity index (χ1v) is 8.49. The number of unbranched alkanes of at least 4 members (excludes halogenated alkanes) is 1. The topological polar surface area (TPSA) is 81.4 Å². The van der Waals surface area contributed by atoms with Crippen LogP contribution in [0.2, 0.25) is 0 Å². The molecule has 0 aliphatic heterocycles. The number of hydrogen-bond acceptors (Lipinski definition) is 4. The highest BCUT2D eigenvalue weighted by molar-refractivity contribution is 5.99. The normalized spacial score (nSPS) is 11.4. The van der Waals surface area contributed by atoms with Crippen molar-refractivity contribution in [3.63, 3.8) is 0 Å². The van der Waals surface area contributed by atoms with E-state index in [4.69, 9.17) is 10.5 Å². The van der Waals surface area contributed by atoms with Gasteiger partial charge in [0.05, 0.1) is 12.7 Å². The third-order valence-electron chi connectivity index (χ3n) is 3.50. The Kier molecular flexibility index (Phi) is 9.82. The molecule has 0 saturated heterocycles. The standard InChI is InChI=1S/C20H28N2O3.ClH/c1-6-7-8-17(19(24)25-5)22-18(23)16-10-9-15(21)13-14(16)11-12-20(2,3)4;/h9-10,13,17H,6-8,21H2,1-5H3,(H,22,23);1H. The molecule has 0 aliphatic carbocycles. The predicted octanol–water partition coefficient (Wildman–Crippen LogP) is 3.55. The molecule has 144 valence electrons. The van der Waals surface area contributed by atoms with E-state index in [0.29, 0.717) is 23.2 Å². The van der Waals surface area contributed by atoms with Gasteiger partial charge in [0.2, 0.25) is 0 Å². The van der Waals surface area contributed by atoms with Crippen molar-refractivity contribution in [2.75, 3.05) is 12.8 Å². The Balaban J connectivity index is 0.00000625. The molecule has 3 N–H and O–H groups in total. The fourth-order valence-corrected chi connectivity index (χ4v) is 2.15. The number of carbonyl (C=O) groups excluding carboxylic acids is 2. The third kappa shape index (κ3) is 7.79. The van der Waals surface area contributed by atoms with Crippen molar-refractivity contribution in [1.29, 1.82) is 0 Å². The van der Waals surface area contributed by atoms with Crippen molar-refractivity contribution in [1.82, 2.24) is 5.32 Å². The quantitative estimate of drug-likeness (QED) is 0.449. The summed E-state index contributed by atoms with van der Waals surface area (Å²) in [6.07, 6.45) is 2.28. The van der Waals surface area contributed by atoms with Crippen molar-refractivity contribution < 1.29 is 14.3 Å². The average molecular weight is 381 g/mol. The summed E-state index contributed by atoms with van der Waals surface area (Å²) >= 11 is 0. The second-order valence-corrected chi connectivity index (χ2v) is 7.00. The van der Waals surface area contributed by atoms with Gasteiger partial charge in [-0.1, -0.05) is 31.6 Å². The number of nitrogens with one attached hydrogen (secondary N) is 1. The van der Waals surface area contributed by atoms with E-state index in [1.807, 2.05) is 27.7 Å². The number of esters is 1. The summed E-state index contributed by atoms with van der Waals surface area (Å²) in [4.78, 5) is 24.6. The molecule has 0 saturated carbocycles. The van der Waals surface area contributed by atoms with Crippen LogP contribution in [0.25, 0.3) is 0 Å². The van der Waals surface area contributed by atoms with E-state index in [1.54, 1.807) is 18.2 Å². The molecule has 0 aliphatic rings. The minimum Gasteiger partial charge on any atom is -0.467 e. The van der Waals surface area contributed by atoms with Crippen LogP contribution in [0.4, 0.5) is 5.69 Å². The number of carbonyl (C=O) groups is 2. The molecule has 1 rings (SSSR count). The number of anilines is 1. The van der Waals surface area contributed by atoms with Crippen molar-refractivity contribution in [2.24, 2.45) is 5.41 Å². The van der Waals surface area contributed by atoms with Crippen molar-refractivity contribution >= 4 is 30.0 Å². The van der Waals surface area contributed by atoms with Gasteiger partial charge in [0.15, 0.2) is 0 Å². The van der Waals surface area contributed by atoms with E-state index < -0.39 is 12.0 Å². The SMILES string of the molecule is CCCCC(NC(=O)c1ccc(N)cc1C#CC(C)(C)C)C(=O)OC.Cl. The first kappa shape index (κ1) is 23.8. The van der Waals surface area contributed by atoms with Crippen LogP contribution in [0, 0.1) is 17.3 Å². The maximum atomic E-state index is 12.7. The van der Waals surface area contributed by atoms with Crippen LogP contribution in [-0.2, 0) is 9.53 Å². The van der Waals surface area contributed by atoms with Crippen LogP contribution >= 0.6 is 12.4 Å². The maximum absolute atomic E-state index is 12.7. The summed E-state index contributed by atoms with van der Waals surface area (Å²) in [6, 6.07) is 4.28. The molecule has 26 heavy (non-hydrogen) atoms. The molecule has 0 bridgehead atoms. The molecule has 6 heteroatoms. The fourth-order valence-electron chi connectivity index (χ4n) is 2.15. The van der Waals surface area contributed by atoms with Crippen LogP contribution in [-0.4, -0.2) is 25.0 Å². The van der Waals surface area contributed by atoms with E-state index in [9.17, 15) is 9.59 Å². The zero-order chi connectivity index (χ0) is 19.0. The Hall–Kier alpha value is -2.19. The highest BCUT2D eigenvalue weighted by Crippen LogP contribution is 2.16. The first-order valence-electron chi connectivity index (χ1n) is 8.49. The molecule has 1 atom stereocenters. The highest BCUT2D eigenvalue weighted by atomic mass is 35.5. The van der Waals surface area contributed by atoms with E-state index in [1.165, 1.54) is 7.11 Å². The third-order valence-corrected chi connectivity index (χ3v) is 3.50. The number of benzene rings is 1. The molecule has 0 radical (unpaired) electrons. The number of amides is 1. The van der Waals surface area contributed by atoms with Gasteiger partial charge in [-0.25, -0.2) is 4.79 Å². The number of nitrogens with two attached hydrogens (primary N) is 1. The predicted molar refractivity (Wildman–Crippen MR) is 107 cm³/mol. The van der Waals surface area contributed by atoms with Gasteiger partial charge in [0, 0.05) is 16.7 Å². The summed E-state index contributed by atoms with van der Waals surface area (Å²) < 4.78 is 4.79. The molecule has 0 spiro atoms. The summed E-state index contributed by atoms with van der Waals surface area (Å²) in [5, 5.41) is 2.75.